The van der Waals surface area contributed by atoms with Gasteiger partial charge in [0.25, 0.3) is 0 Å². The molecule has 1 fully saturated rings. The van der Waals surface area contributed by atoms with E-state index in [0.717, 1.165) is 43.1 Å². The number of furan rings is 1. The Hall–Kier alpha value is -2.47. The first-order chi connectivity index (χ1) is 11.8. The van der Waals surface area contributed by atoms with Crippen LogP contribution in [-0.4, -0.2) is 32.5 Å². The zero-order valence-corrected chi connectivity index (χ0v) is 13.3. The minimum absolute atomic E-state index is 0.237. The Morgan fingerprint density at radius 3 is 2.83 bits per heavy atom. The summed E-state index contributed by atoms with van der Waals surface area (Å²) in [5, 5.41) is 7.92. The highest BCUT2D eigenvalue weighted by Gasteiger charge is 2.26. The number of halogens is 1. The lowest BCUT2D eigenvalue weighted by atomic mass is 10.2. The van der Waals surface area contributed by atoms with E-state index in [0.29, 0.717) is 6.04 Å². The van der Waals surface area contributed by atoms with Gasteiger partial charge in [-0.15, -0.1) is 5.10 Å². The molecule has 1 atom stereocenters. The van der Waals surface area contributed by atoms with Crippen molar-refractivity contribution in [2.24, 2.45) is 0 Å². The lowest BCUT2D eigenvalue weighted by Crippen LogP contribution is -2.32. The number of likely N-dealkylation sites (tertiary alicyclic amines) is 1. The fraction of sp³-hybridized carbons (Fsp3) is 0.333. The van der Waals surface area contributed by atoms with Crippen LogP contribution in [0.3, 0.4) is 0 Å². The highest BCUT2D eigenvalue weighted by Crippen LogP contribution is 2.26. The first-order valence-corrected chi connectivity index (χ1v) is 8.21. The van der Waals surface area contributed by atoms with Gasteiger partial charge in [0.2, 0.25) is 0 Å². The number of rotatable bonds is 5. The summed E-state index contributed by atoms with van der Waals surface area (Å²) in [6, 6.07) is 10.8. The summed E-state index contributed by atoms with van der Waals surface area (Å²) in [4.78, 5) is 2.43. The van der Waals surface area contributed by atoms with Crippen LogP contribution in [0.5, 0.6) is 0 Å². The van der Waals surface area contributed by atoms with Crippen LogP contribution in [0.2, 0.25) is 0 Å². The van der Waals surface area contributed by atoms with Gasteiger partial charge < -0.3 is 4.42 Å². The van der Waals surface area contributed by atoms with Crippen molar-refractivity contribution in [1.29, 1.82) is 0 Å². The molecule has 0 spiro atoms. The van der Waals surface area contributed by atoms with Gasteiger partial charge in [0.05, 0.1) is 19.3 Å². The van der Waals surface area contributed by atoms with E-state index in [1.54, 1.807) is 18.3 Å². The van der Waals surface area contributed by atoms with Gasteiger partial charge in [-0.25, -0.2) is 4.39 Å². The number of benzene rings is 1. The topological polar surface area (TPSA) is 47.1 Å². The molecule has 0 aliphatic carbocycles. The average molecular weight is 326 g/mol. The molecule has 2 aromatic heterocycles. The molecule has 124 valence electrons. The third-order valence-electron chi connectivity index (χ3n) is 4.52. The lowest BCUT2D eigenvalue weighted by Gasteiger charge is -2.23. The predicted molar refractivity (Wildman–Crippen MR) is 87.6 cm³/mol. The highest BCUT2D eigenvalue weighted by molar-refractivity contribution is 5.57. The van der Waals surface area contributed by atoms with Crippen LogP contribution in [0.1, 0.15) is 18.6 Å². The van der Waals surface area contributed by atoms with E-state index in [1.165, 1.54) is 18.6 Å². The molecule has 4 rings (SSSR count). The van der Waals surface area contributed by atoms with Crippen LogP contribution in [0.4, 0.5) is 4.39 Å². The molecule has 24 heavy (non-hydrogen) atoms. The lowest BCUT2D eigenvalue weighted by molar-refractivity contribution is 0.203. The van der Waals surface area contributed by atoms with Crippen molar-refractivity contribution in [1.82, 2.24) is 19.9 Å². The average Bonchev–Trinajstić information content (AvgIpc) is 3.32. The maximum atomic E-state index is 13.0. The van der Waals surface area contributed by atoms with Gasteiger partial charge in [-0.3, -0.25) is 9.58 Å². The van der Waals surface area contributed by atoms with Crippen LogP contribution in [0.25, 0.3) is 11.3 Å². The first kappa shape index (κ1) is 15.1. The molecule has 0 amide bonds. The number of hydrogen-bond donors (Lipinski definition) is 0. The van der Waals surface area contributed by atoms with Crippen molar-refractivity contribution < 1.29 is 8.81 Å². The molecule has 6 heteroatoms. The molecule has 0 N–H and O–H groups in total. The molecule has 0 radical (unpaired) electrons. The molecule has 1 aliphatic heterocycles. The summed E-state index contributed by atoms with van der Waals surface area (Å²) < 4.78 is 20.9. The summed E-state index contributed by atoms with van der Waals surface area (Å²) in [7, 11) is 0. The van der Waals surface area contributed by atoms with Gasteiger partial charge in [-0.1, -0.05) is 5.21 Å². The molecular formula is C18H19FN4O. The normalized spacial score (nSPS) is 18.3. The van der Waals surface area contributed by atoms with Gasteiger partial charge in [-0.05, 0) is 55.8 Å². The van der Waals surface area contributed by atoms with Crippen molar-refractivity contribution in [3.8, 4) is 11.3 Å². The van der Waals surface area contributed by atoms with Gasteiger partial charge in [-0.2, -0.15) is 0 Å². The van der Waals surface area contributed by atoms with Gasteiger partial charge >= 0.3 is 0 Å². The monoisotopic (exact) mass is 326 g/mol. The Labute approximate surface area is 139 Å². The maximum absolute atomic E-state index is 13.0. The molecular weight excluding hydrogens is 307 g/mol. The predicted octanol–water partition coefficient (Wildman–Crippen LogP) is 3.34. The van der Waals surface area contributed by atoms with Gasteiger partial charge in [0.1, 0.15) is 17.3 Å². The molecule has 0 bridgehead atoms. The second-order valence-corrected chi connectivity index (χ2v) is 6.16. The maximum Gasteiger partial charge on any atom is 0.134 e. The molecule has 0 unspecified atom stereocenters. The van der Waals surface area contributed by atoms with Crippen molar-refractivity contribution in [2.75, 3.05) is 6.54 Å². The largest absolute Gasteiger partial charge is 0.460 e. The SMILES string of the molecule is Fc1ccc(-c2ccc(CN3CCC[C@H]3Cn3ccnn3)o2)cc1. The van der Waals surface area contributed by atoms with Crippen LogP contribution in [-0.2, 0) is 13.1 Å². The van der Waals surface area contributed by atoms with Crippen molar-refractivity contribution in [2.45, 2.75) is 32.0 Å². The Morgan fingerprint density at radius 1 is 1.17 bits per heavy atom. The summed E-state index contributed by atoms with van der Waals surface area (Å²) in [5.74, 6) is 1.47. The van der Waals surface area contributed by atoms with Crippen molar-refractivity contribution in [3.63, 3.8) is 0 Å². The van der Waals surface area contributed by atoms with E-state index < -0.39 is 0 Å². The first-order valence-electron chi connectivity index (χ1n) is 8.21. The Bertz CT molecular complexity index is 782. The fourth-order valence-corrected chi connectivity index (χ4v) is 3.29. The second-order valence-electron chi connectivity index (χ2n) is 6.16. The molecule has 3 aromatic rings. The zero-order chi connectivity index (χ0) is 16.4. The Kier molecular flexibility index (Phi) is 4.13. The fourth-order valence-electron chi connectivity index (χ4n) is 3.29. The number of aromatic nitrogens is 3. The van der Waals surface area contributed by atoms with E-state index in [9.17, 15) is 4.39 Å². The molecule has 0 saturated carbocycles. The third kappa shape index (κ3) is 3.23. The molecule has 1 aliphatic rings. The molecule has 5 nitrogen and oxygen atoms in total. The second kappa shape index (κ2) is 6.57. The van der Waals surface area contributed by atoms with Crippen molar-refractivity contribution >= 4 is 0 Å². The van der Waals surface area contributed by atoms with Crippen molar-refractivity contribution in [3.05, 3.63) is 60.4 Å². The van der Waals surface area contributed by atoms with Crippen LogP contribution in [0, 0.1) is 5.82 Å². The molecule has 1 saturated heterocycles. The van der Waals surface area contributed by atoms with Gasteiger partial charge in [0.15, 0.2) is 0 Å². The minimum Gasteiger partial charge on any atom is -0.460 e. The van der Waals surface area contributed by atoms with Crippen LogP contribution >= 0.6 is 0 Å². The van der Waals surface area contributed by atoms with E-state index in [2.05, 4.69) is 15.2 Å². The summed E-state index contributed by atoms with van der Waals surface area (Å²) in [6.45, 7) is 2.69. The van der Waals surface area contributed by atoms with Gasteiger partial charge in [0, 0.05) is 17.8 Å². The quantitative estimate of drug-likeness (QED) is 0.721. The standard InChI is InChI=1S/C18H19FN4O/c19-15-5-3-14(4-6-15)18-8-7-17(24-18)13-22-10-1-2-16(22)12-23-11-9-20-21-23/h3-9,11,16H,1-2,10,12-13H2/t16-/m0/s1. The molecule has 3 heterocycles. The smallest absolute Gasteiger partial charge is 0.134 e. The van der Waals surface area contributed by atoms with Crippen LogP contribution < -0.4 is 0 Å². The Morgan fingerprint density at radius 2 is 2.04 bits per heavy atom. The summed E-state index contributed by atoms with van der Waals surface area (Å²) in [5.41, 5.74) is 0.892. The van der Waals surface area contributed by atoms with E-state index in [4.69, 9.17) is 4.42 Å². The zero-order valence-electron chi connectivity index (χ0n) is 13.3. The number of nitrogens with zero attached hydrogens (tertiary/aromatic N) is 4. The van der Waals surface area contributed by atoms with E-state index in [-0.39, 0.29) is 5.82 Å². The molecule has 1 aromatic carbocycles. The van der Waals surface area contributed by atoms with E-state index in [1.807, 2.05) is 23.0 Å². The highest BCUT2D eigenvalue weighted by atomic mass is 19.1. The third-order valence-corrected chi connectivity index (χ3v) is 4.52. The minimum atomic E-state index is -0.237. The summed E-state index contributed by atoms with van der Waals surface area (Å²) in [6.07, 6.45) is 5.95. The van der Waals surface area contributed by atoms with Crippen LogP contribution in [0.15, 0.2) is 53.2 Å². The Balaban J connectivity index is 1.44. The summed E-state index contributed by atoms with van der Waals surface area (Å²) >= 11 is 0. The van der Waals surface area contributed by atoms with E-state index >= 15 is 0 Å². The number of hydrogen-bond acceptors (Lipinski definition) is 4.